The van der Waals surface area contributed by atoms with E-state index in [4.69, 9.17) is 5.73 Å². The lowest BCUT2D eigenvalue weighted by Gasteiger charge is -2.38. The van der Waals surface area contributed by atoms with Gasteiger partial charge in [0.25, 0.3) is 0 Å². The summed E-state index contributed by atoms with van der Waals surface area (Å²) in [7, 11) is 0. The van der Waals surface area contributed by atoms with Gasteiger partial charge in [0, 0.05) is 17.6 Å². The van der Waals surface area contributed by atoms with Gasteiger partial charge in [-0.15, -0.1) is 0 Å². The SMILES string of the molecule is CC(N)(C(=O)N1CCC2CNCC2C1)c1ccc(Br)cc1. The third-order valence-electron chi connectivity index (χ3n) is 4.88. The first-order valence-corrected chi connectivity index (χ1v) is 8.33. The van der Waals surface area contributed by atoms with Gasteiger partial charge < -0.3 is 16.0 Å². The van der Waals surface area contributed by atoms with Gasteiger partial charge in [0.05, 0.1) is 0 Å². The van der Waals surface area contributed by atoms with Crippen LogP contribution in [0.4, 0.5) is 0 Å². The minimum atomic E-state index is -0.959. The number of hydrogen-bond acceptors (Lipinski definition) is 3. The van der Waals surface area contributed by atoms with Crippen molar-refractivity contribution < 1.29 is 4.79 Å². The van der Waals surface area contributed by atoms with Crippen molar-refractivity contribution >= 4 is 21.8 Å². The third kappa shape index (κ3) is 2.87. The van der Waals surface area contributed by atoms with Crippen molar-refractivity contribution in [3.05, 3.63) is 34.3 Å². The topological polar surface area (TPSA) is 58.4 Å². The molecule has 114 valence electrons. The number of likely N-dealkylation sites (tertiary alicyclic amines) is 1. The number of hydrogen-bond donors (Lipinski definition) is 2. The number of nitrogens with two attached hydrogens (primary N) is 1. The van der Waals surface area contributed by atoms with Crippen LogP contribution in [0.5, 0.6) is 0 Å². The molecule has 3 rings (SSSR count). The number of benzene rings is 1. The number of carbonyl (C=O) groups excluding carboxylic acids is 1. The predicted octanol–water partition coefficient (Wildman–Crippen LogP) is 1.69. The molecule has 1 amide bonds. The minimum Gasteiger partial charge on any atom is -0.340 e. The van der Waals surface area contributed by atoms with Crippen molar-refractivity contribution in [1.82, 2.24) is 10.2 Å². The zero-order valence-corrected chi connectivity index (χ0v) is 13.9. The lowest BCUT2D eigenvalue weighted by Crippen LogP contribution is -2.54. The largest absolute Gasteiger partial charge is 0.340 e. The zero-order valence-electron chi connectivity index (χ0n) is 12.3. The number of amides is 1. The molecule has 4 nitrogen and oxygen atoms in total. The number of piperidine rings is 1. The van der Waals surface area contributed by atoms with E-state index in [1.54, 1.807) is 0 Å². The Balaban J connectivity index is 1.75. The normalized spacial score (nSPS) is 28.0. The number of nitrogens with zero attached hydrogens (tertiary/aromatic N) is 1. The summed E-state index contributed by atoms with van der Waals surface area (Å²) in [5.41, 5.74) is 6.28. The Labute approximate surface area is 134 Å². The highest BCUT2D eigenvalue weighted by Crippen LogP contribution is 2.30. The number of fused-ring (bicyclic) bond motifs is 1. The third-order valence-corrected chi connectivity index (χ3v) is 5.41. The van der Waals surface area contributed by atoms with E-state index in [-0.39, 0.29) is 5.91 Å². The van der Waals surface area contributed by atoms with Crippen LogP contribution in [0.15, 0.2) is 28.7 Å². The van der Waals surface area contributed by atoms with Gasteiger partial charge in [0.1, 0.15) is 5.54 Å². The summed E-state index contributed by atoms with van der Waals surface area (Å²) in [5, 5.41) is 3.43. The van der Waals surface area contributed by atoms with Crippen molar-refractivity contribution in [2.45, 2.75) is 18.9 Å². The Morgan fingerprint density at radius 2 is 2.00 bits per heavy atom. The van der Waals surface area contributed by atoms with Gasteiger partial charge in [-0.05, 0) is 56.0 Å². The summed E-state index contributed by atoms with van der Waals surface area (Å²) in [6.45, 7) is 5.59. The van der Waals surface area contributed by atoms with Gasteiger partial charge in [-0.1, -0.05) is 28.1 Å². The van der Waals surface area contributed by atoms with Crippen LogP contribution in [0, 0.1) is 11.8 Å². The maximum absolute atomic E-state index is 12.9. The smallest absolute Gasteiger partial charge is 0.246 e. The molecule has 0 aliphatic carbocycles. The number of halogens is 1. The molecule has 2 heterocycles. The molecule has 2 aliphatic rings. The average molecular weight is 352 g/mol. The summed E-state index contributed by atoms with van der Waals surface area (Å²) in [4.78, 5) is 14.8. The maximum Gasteiger partial charge on any atom is 0.246 e. The fourth-order valence-corrected chi connectivity index (χ4v) is 3.73. The Bertz CT molecular complexity index is 529. The van der Waals surface area contributed by atoms with Crippen LogP contribution in [0.3, 0.4) is 0 Å². The summed E-state index contributed by atoms with van der Waals surface area (Å²) in [6.07, 6.45) is 1.08. The van der Waals surface area contributed by atoms with E-state index in [0.717, 1.165) is 48.6 Å². The van der Waals surface area contributed by atoms with Gasteiger partial charge >= 0.3 is 0 Å². The second-order valence-electron chi connectivity index (χ2n) is 6.43. The number of rotatable bonds is 2. The highest BCUT2D eigenvalue weighted by Gasteiger charge is 2.40. The van der Waals surface area contributed by atoms with Crippen LogP contribution in [-0.4, -0.2) is 37.0 Å². The summed E-state index contributed by atoms with van der Waals surface area (Å²) in [6, 6.07) is 7.71. The van der Waals surface area contributed by atoms with Gasteiger partial charge in [-0.25, -0.2) is 0 Å². The Morgan fingerprint density at radius 3 is 2.71 bits per heavy atom. The van der Waals surface area contributed by atoms with Crippen LogP contribution >= 0.6 is 15.9 Å². The van der Waals surface area contributed by atoms with Crippen LogP contribution < -0.4 is 11.1 Å². The van der Waals surface area contributed by atoms with Crippen LogP contribution in [0.1, 0.15) is 18.9 Å². The quantitative estimate of drug-likeness (QED) is 0.852. The maximum atomic E-state index is 12.9. The molecule has 2 fully saturated rings. The molecule has 0 saturated carbocycles. The van der Waals surface area contributed by atoms with Gasteiger partial charge in [-0.3, -0.25) is 4.79 Å². The lowest BCUT2D eigenvalue weighted by molar-refractivity contribution is -0.139. The number of carbonyl (C=O) groups is 1. The molecule has 2 aliphatic heterocycles. The van der Waals surface area contributed by atoms with Gasteiger partial charge in [-0.2, -0.15) is 0 Å². The first-order valence-electron chi connectivity index (χ1n) is 7.53. The molecule has 0 aromatic heterocycles. The molecule has 2 saturated heterocycles. The van der Waals surface area contributed by atoms with E-state index in [9.17, 15) is 4.79 Å². The molecule has 5 heteroatoms. The molecule has 3 atom stereocenters. The predicted molar refractivity (Wildman–Crippen MR) is 86.7 cm³/mol. The Morgan fingerprint density at radius 1 is 1.33 bits per heavy atom. The van der Waals surface area contributed by atoms with Crippen molar-refractivity contribution in [2.24, 2.45) is 17.6 Å². The monoisotopic (exact) mass is 351 g/mol. The average Bonchev–Trinajstić information content (AvgIpc) is 2.94. The molecular formula is C16H22BrN3O. The van der Waals surface area contributed by atoms with E-state index in [0.29, 0.717) is 5.92 Å². The van der Waals surface area contributed by atoms with E-state index < -0.39 is 5.54 Å². The van der Waals surface area contributed by atoms with Crippen LogP contribution in [0.25, 0.3) is 0 Å². The molecule has 1 aromatic carbocycles. The second-order valence-corrected chi connectivity index (χ2v) is 7.34. The van der Waals surface area contributed by atoms with Crippen LogP contribution in [0.2, 0.25) is 0 Å². The summed E-state index contributed by atoms with van der Waals surface area (Å²) < 4.78 is 0.993. The molecule has 3 N–H and O–H groups in total. The first kappa shape index (κ1) is 15.0. The summed E-state index contributed by atoms with van der Waals surface area (Å²) in [5.74, 6) is 1.35. The van der Waals surface area contributed by atoms with E-state index in [1.165, 1.54) is 0 Å². The zero-order chi connectivity index (χ0) is 15.0. The minimum absolute atomic E-state index is 0.0372. The standard InChI is InChI=1S/C16H22BrN3O/c1-16(18,13-2-4-14(17)5-3-13)15(21)20-7-6-11-8-19-9-12(11)10-20/h2-5,11-12,19H,6-10,18H2,1H3. The van der Waals surface area contributed by atoms with Crippen LogP contribution in [-0.2, 0) is 10.3 Å². The lowest BCUT2D eigenvalue weighted by atomic mass is 9.86. The van der Waals surface area contributed by atoms with Crippen molar-refractivity contribution in [1.29, 1.82) is 0 Å². The molecule has 0 bridgehead atoms. The highest BCUT2D eigenvalue weighted by molar-refractivity contribution is 9.10. The Kier molecular flexibility index (Phi) is 4.08. The van der Waals surface area contributed by atoms with Crippen molar-refractivity contribution in [3.63, 3.8) is 0 Å². The second kappa shape index (κ2) is 5.71. The van der Waals surface area contributed by atoms with E-state index in [1.807, 2.05) is 36.1 Å². The van der Waals surface area contributed by atoms with Crippen molar-refractivity contribution in [3.8, 4) is 0 Å². The van der Waals surface area contributed by atoms with E-state index >= 15 is 0 Å². The Hall–Kier alpha value is -0.910. The van der Waals surface area contributed by atoms with Gasteiger partial charge in [0.2, 0.25) is 5.91 Å². The van der Waals surface area contributed by atoms with Crippen molar-refractivity contribution in [2.75, 3.05) is 26.2 Å². The molecule has 1 aromatic rings. The molecule has 3 unspecified atom stereocenters. The first-order chi connectivity index (χ1) is 9.98. The molecule has 0 spiro atoms. The molecule has 21 heavy (non-hydrogen) atoms. The fraction of sp³-hybridized carbons (Fsp3) is 0.562. The highest BCUT2D eigenvalue weighted by atomic mass is 79.9. The molecule has 0 radical (unpaired) electrons. The van der Waals surface area contributed by atoms with E-state index in [2.05, 4.69) is 21.2 Å². The number of nitrogens with one attached hydrogen (secondary N) is 1. The fourth-order valence-electron chi connectivity index (χ4n) is 3.47. The molecular weight excluding hydrogens is 330 g/mol. The van der Waals surface area contributed by atoms with Gasteiger partial charge in [0.15, 0.2) is 0 Å². The summed E-state index contributed by atoms with van der Waals surface area (Å²) >= 11 is 3.41.